The summed E-state index contributed by atoms with van der Waals surface area (Å²) in [5, 5.41) is 5.59. The third kappa shape index (κ3) is 3.42. The summed E-state index contributed by atoms with van der Waals surface area (Å²) in [6, 6.07) is 13.9. The van der Waals surface area contributed by atoms with Crippen molar-refractivity contribution in [2.45, 2.75) is 20.3 Å². The molecule has 2 aromatic carbocycles. The quantitative estimate of drug-likeness (QED) is 0.703. The number of fused-ring (bicyclic) bond motifs is 1. The number of carbonyl (C=O) groups excluding carboxylic acids is 2. The van der Waals surface area contributed by atoms with E-state index in [1.54, 1.807) is 0 Å². The molecule has 3 aromatic rings. The SMILES string of the molecule is COC(=O)c1c(NC(=O)Cc2cccc3ccccc23)sc(C)c1C. The second-order valence-electron chi connectivity index (χ2n) is 5.84. The molecule has 5 heteroatoms. The molecule has 0 aliphatic rings. The Hall–Kier alpha value is -2.66. The number of carbonyl (C=O) groups is 2. The molecule has 1 N–H and O–H groups in total. The molecule has 3 rings (SSSR count). The van der Waals surface area contributed by atoms with E-state index in [0.717, 1.165) is 26.8 Å². The third-order valence-electron chi connectivity index (χ3n) is 4.26. The number of hydrogen-bond acceptors (Lipinski definition) is 4. The van der Waals surface area contributed by atoms with Gasteiger partial charge in [0.05, 0.1) is 19.1 Å². The number of nitrogens with one attached hydrogen (secondary N) is 1. The normalized spacial score (nSPS) is 10.7. The van der Waals surface area contributed by atoms with Gasteiger partial charge in [-0.2, -0.15) is 0 Å². The van der Waals surface area contributed by atoms with Crippen molar-refractivity contribution in [2.24, 2.45) is 0 Å². The van der Waals surface area contributed by atoms with E-state index in [-0.39, 0.29) is 12.3 Å². The van der Waals surface area contributed by atoms with Gasteiger partial charge in [-0.1, -0.05) is 42.5 Å². The highest BCUT2D eigenvalue weighted by Gasteiger charge is 2.21. The van der Waals surface area contributed by atoms with Crippen LogP contribution in [0, 0.1) is 13.8 Å². The highest BCUT2D eigenvalue weighted by molar-refractivity contribution is 7.16. The van der Waals surface area contributed by atoms with Crippen LogP contribution in [0.25, 0.3) is 10.8 Å². The molecule has 0 saturated carbocycles. The molecular formula is C20H19NO3S. The molecule has 0 radical (unpaired) electrons. The number of anilines is 1. The van der Waals surface area contributed by atoms with E-state index >= 15 is 0 Å². The zero-order chi connectivity index (χ0) is 18.0. The number of methoxy groups -OCH3 is 1. The lowest BCUT2D eigenvalue weighted by atomic mass is 10.0. The minimum Gasteiger partial charge on any atom is -0.465 e. The van der Waals surface area contributed by atoms with Gasteiger partial charge in [0.1, 0.15) is 5.00 Å². The van der Waals surface area contributed by atoms with E-state index in [4.69, 9.17) is 4.74 Å². The van der Waals surface area contributed by atoms with Crippen molar-refractivity contribution in [1.82, 2.24) is 0 Å². The Morgan fingerprint density at radius 2 is 1.80 bits per heavy atom. The van der Waals surface area contributed by atoms with Crippen LogP contribution in [0.2, 0.25) is 0 Å². The summed E-state index contributed by atoms with van der Waals surface area (Å²) >= 11 is 1.39. The van der Waals surface area contributed by atoms with E-state index in [1.807, 2.05) is 56.3 Å². The summed E-state index contributed by atoms with van der Waals surface area (Å²) in [5.41, 5.74) is 2.24. The van der Waals surface area contributed by atoms with Crippen LogP contribution in [0.5, 0.6) is 0 Å². The summed E-state index contributed by atoms with van der Waals surface area (Å²) in [5.74, 6) is -0.579. The average Bonchev–Trinajstić information content (AvgIpc) is 2.88. The van der Waals surface area contributed by atoms with Crippen molar-refractivity contribution >= 4 is 39.0 Å². The number of aryl methyl sites for hydroxylation is 1. The van der Waals surface area contributed by atoms with Crippen LogP contribution in [-0.4, -0.2) is 19.0 Å². The number of amides is 1. The van der Waals surface area contributed by atoms with Crippen LogP contribution in [0.3, 0.4) is 0 Å². The average molecular weight is 353 g/mol. The minimum atomic E-state index is -0.428. The van der Waals surface area contributed by atoms with E-state index in [1.165, 1.54) is 18.4 Å². The van der Waals surface area contributed by atoms with Gasteiger partial charge in [0.15, 0.2) is 0 Å². The number of hydrogen-bond donors (Lipinski definition) is 1. The molecule has 0 saturated heterocycles. The first-order chi connectivity index (χ1) is 12.0. The van der Waals surface area contributed by atoms with Gasteiger partial charge in [-0.05, 0) is 35.7 Å². The number of esters is 1. The largest absolute Gasteiger partial charge is 0.465 e. The van der Waals surface area contributed by atoms with Gasteiger partial charge in [-0.3, -0.25) is 4.79 Å². The lowest BCUT2D eigenvalue weighted by molar-refractivity contribution is -0.115. The first kappa shape index (κ1) is 17.2. The fourth-order valence-corrected chi connectivity index (χ4v) is 3.92. The Bertz CT molecular complexity index is 953. The van der Waals surface area contributed by atoms with Crippen LogP contribution in [0.15, 0.2) is 42.5 Å². The summed E-state index contributed by atoms with van der Waals surface area (Å²) in [7, 11) is 1.34. The highest BCUT2D eigenvalue weighted by atomic mass is 32.1. The number of rotatable bonds is 4. The van der Waals surface area contributed by atoms with Crippen LogP contribution >= 0.6 is 11.3 Å². The van der Waals surface area contributed by atoms with Gasteiger partial charge < -0.3 is 10.1 Å². The second kappa shape index (κ2) is 7.07. The molecule has 0 aliphatic carbocycles. The molecule has 0 unspecified atom stereocenters. The summed E-state index contributed by atoms with van der Waals surface area (Å²) in [6.45, 7) is 3.78. The summed E-state index contributed by atoms with van der Waals surface area (Å²) < 4.78 is 4.85. The molecule has 128 valence electrons. The van der Waals surface area contributed by atoms with Crippen LogP contribution in [0.1, 0.15) is 26.4 Å². The van der Waals surface area contributed by atoms with Crippen LogP contribution < -0.4 is 5.32 Å². The fourth-order valence-electron chi connectivity index (χ4n) is 2.85. The maximum Gasteiger partial charge on any atom is 0.341 e. The predicted molar refractivity (Wildman–Crippen MR) is 101 cm³/mol. The lowest BCUT2D eigenvalue weighted by Gasteiger charge is -2.08. The zero-order valence-electron chi connectivity index (χ0n) is 14.4. The summed E-state index contributed by atoms with van der Waals surface area (Å²) in [4.78, 5) is 25.6. The van der Waals surface area contributed by atoms with Gasteiger partial charge in [0.2, 0.25) is 5.91 Å². The smallest absolute Gasteiger partial charge is 0.341 e. The molecular weight excluding hydrogens is 334 g/mol. The van der Waals surface area contributed by atoms with Gasteiger partial charge in [-0.15, -0.1) is 11.3 Å². The van der Waals surface area contributed by atoms with Crippen molar-refractivity contribution < 1.29 is 14.3 Å². The summed E-state index contributed by atoms with van der Waals surface area (Å²) in [6.07, 6.45) is 0.248. The highest BCUT2D eigenvalue weighted by Crippen LogP contribution is 2.33. The molecule has 1 heterocycles. The van der Waals surface area contributed by atoms with E-state index in [2.05, 4.69) is 5.32 Å². The predicted octanol–water partition coefficient (Wildman–Crippen LogP) is 4.49. The first-order valence-electron chi connectivity index (χ1n) is 7.96. The molecule has 4 nitrogen and oxygen atoms in total. The Morgan fingerprint density at radius 3 is 2.56 bits per heavy atom. The van der Waals surface area contributed by atoms with Gasteiger partial charge >= 0.3 is 5.97 Å². The van der Waals surface area contributed by atoms with Gasteiger partial charge in [0.25, 0.3) is 0 Å². The van der Waals surface area contributed by atoms with Crippen molar-refractivity contribution in [2.75, 3.05) is 12.4 Å². The second-order valence-corrected chi connectivity index (χ2v) is 7.07. The fraction of sp³-hybridized carbons (Fsp3) is 0.200. The zero-order valence-corrected chi connectivity index (χ0v) is 15.2. The van der Waals surface area contributed by atoms with E-state index in [9.17, 15) is 9.59 Å². The standard InChI is InChI=1S/C20H19NO3S/c1-12-13(2)25-19(18(12)20(23)24-3)21-17(22)11-15-9-6-8-14-7-4-5-10-16(14)15/h4-10H,11H2,1-3H3,(H,21,22). The molecule has 0 fully saturated rings. The molecule has 0 bridgehead atoms. The Morgan fingerprint density at radius 1 is 1.08 bits per heavy atom. The lowest BCUT2D eigenvalue weighted by Crippen LogP contribution is -2.16. The molecule has 0 atom stereocenters. The van der Waals surface area contributed by atoms with Crippen LogP contribution in [-0.2, 0) is 16.0 Å². The number of ether oxygens (including phenoxy) is 1. The molecule has 0 aliphatic heterocycles. The van der Waals surface area contributed by atoms with Crippen molar-refractivity contribution in [3.8, 4) is 0 Å². The van der Waals surface area contributed by atoms with Crippen molar-refractivity contribution in [1.29, 1.82) is 0 Å². The van der Waals surface area contributed by atoms with Crippen molar-refractivity contribution in [3.63, 3.8) is 0 Å². The van der Waals surface area contributed by atoms with Crippen LogP contribution in [0.4, 0.5) is 5.00 Å². The maximum absolute atomic E-state index is 12.6. The third-order valence-corrected chi connectivity index (χ3v) is 5.38. The Labute approximate surface area is 150 Å². The number of benzene rings is 2. The topological polar surface area (TPSA) is 55.4 Å². The molecule has 25 heavy (non-hydrogen) atoms. The van der Waals surface area contributed by atoms with Gasteiger partial charge in [0, 0.05) is 4.88 Å². The molecule has 1 aromatic heterocycles. The van der Waals surface area contributed by atoms with Gasteiger partial charge in [-0.25, -0.2) is 4.79 Å². The first-order valence-corrected chi connectivity index (χ1v) is 8.77. The molecule has 1 amide bonds. The maximum atomic E-state index is 12.6. The Balaban J connectivity index is 1.86. The van der Waals surface area contributed by atoms with Crippen molar-refractivity contribution in [3.05, 3.63) is 64.0 Å². The monoisotopic (exact) mass is 353 g/mol. The van der Waals surface area contributed by atoms with E-state index < -0.39 is 5.97 Å². The van der Waals surface area contributed by atoms with E-state index in [0.29, 0.717) is 10.6 Å². The number of thiophene rings is 1. The Kier molecular flexibility index (Phi) is 4.86. The molecule has 0 spiro atoms. The minimum absolute atomic E-state index is 0.150.